The Morgan fingerprint density at radius 1 is 0.285 bits per heavy atom. The van der Waals surface area contributed by atoms with Gasteiger partial charge in [0.15, 0.2) is 6.21 Å². The van der Waals surface area contributed by atoms with Crippen molar-refractivity contribution in [3.8, 4) is 0 Å². The van der Waals surface area contributed by atoms with Crippen LogP contribution in [0.15, 0.2) is 297 Å². The Labute approximate surface area is 845 Å². The van der Waals surface area contributed by atoms with Gasteiger partial charge in [0, 0.05) is 208 Å². The Bertz CT molecular complexity index is 6190. The second-order valence-corrected chi connectivity index (χ2v) is 37.0. The first-order valence-electron chi connectivity index (χ1n) is 48.1. The number of pyridine rings is 13. The van der Waals surface area contributed by atoms with Crippen molar-refractivity contribution in [1.29, 1.82) is 0 Å². The largest absolute Gasteiger partial charge is 0.443 e. The quantitative estimate of drug-likeness (QED) is 0.0155. The molecule has 0 unspecified atom stereocenters. The highest BCUT2D eigenvalue weighted by atomic mass is 16.6. The van der Waals surface area contributed by atoms with Gasteiger partial charge in [-0.05, 0) is 246 Å². The number of nitrogens with one attached hydrogen (secondary N) is 6. The van der Waals surface area contributed by atoms with Crippen LogP contribution in [0.4, 0.5) is 94.8 Å². The molecule has 13 aromatic heterocycles. The van der Waals surface area contributed by atoms with E-state index in [1.54, 1.807) is 75.4 Å². The van der Waals surface area contributed by atoms with Crippen molar-refractivity contribution in [3.05, 3.63) is 337 Å². The zero-order chi connectivity index (χ0) is 103. The minimum atomic E-state index is -0.701. The molecule has 13 aromatic rings. The second-order valence-electron chi connectivity index (χ2n) is 37.0. The minimum absolute atomic E-state index is 0.256. The van der Waals surface area contributed by atoms with Gasteiger partial charge in [-0.25, -0.2) is 84.0 Å². The third-order valence-electron chi connectivity index (χ3n) is 20.8. The molecule has 0 aromatic carbocycles. The molecule has 144 heavy (non-hydrogen) atoms. The summed E-state index contributed by atoms with van der Waals surface area (Å²) < 4.78 is 22.4. The molecular formula is C110H133N26O8+. The third-order valence-corrected chi connectivity index (χ3v) is 20.8. The molecule has 34 heteroatoms. The molecule has 0 radical (unpaired) electrons. The molecule has 0 spiro atoms. The van der Waals surface area contributed by atoms with E-state index >= 15 is 0 Å². The molecule has 0 saturated heterocycles. The molecule has 750 valence electrons. The normalized spacial score (nSPS) is 11.4. The standard InChI is InChI=1S/C35H43N7O4.C30H39N6O4.C25H27N7.C20H24N6/c1-34(2,3)45-32(43)40(7)30-18-12-14-26(38-30)21-25-42(33(44)46-35(4,5)6)31-19-13-15-27(39-31)20-24-41(28-16-8-10-22-36-28)29-17-9-11-23-37-29;1-29(2,3)39-27(37)35(7)25-15-10-13-23(33-25)18-21-36(28(38)40-30(4,5)6)26-16-11-12-22(34-26)17-20-32-24-14-8-9-19-31-24;1-26-22-10-6-8-20(30-22)14-18-27-23-11-7-9-21(31-23)15-19-32(24-12-2-4-16-28-24)25-13-3-5-17-29-25;1-21-18-9-4-6-16(25-18)12-15-24-20-10-5-7-17(26-20)11-14-23-19-8-2-3-13-22-19/h8-19,22-23H,20-21,24-25H2,1-7H3;8-16H,17-18,20-21H2,1-7H3,(H,31,32);2-13,16-17H,14-15,18-19H2,1H3,(H,26,30)(H,27,31);2-10,13H,11-12,14-15H2,1H3,(H,21,25)(H,22,23)(H,24,26)/q;+1;;. The van der Waals surface area contributed by atoms with Crippen LogP contribution in [0.25, 0.3) is 0 Å². The Morgan fingerprint density at radius 3 is 0.882 bits per heavy atom. The summed E-state index contributed by atoms with van der Waals surface area (Å²) in [5, 5.41) is 19.5. The molecule has 4 amide bonds. The Hall–Kier alpha value is -16.5. The van der Waals surface area contributed by atoms with E-state index in [0.717, 1.165) is 144 Å². The number of carbonyl (C=O) groups is 4. The molecule has 0 bridgehead atoms. The van der Waals surface area contributed by atoms with Crippen LogP contribution in [0.5, 0.6) is 0 Å². The van der Waals surface area contributed by atoms with E-state index in [4.69, 9.17) is 33.9 Å². The summed E-state index contributed by atoms with van der Waals surface area (Å²) in [4.78, 5) is 126. The van der Waals surface area contributed by atoms with Crippen LogP contribution < -0.4 is 61.3 Å². The molecule has 0 aliphatic carbocycles. The number of aliphatic imine (C=N–C) groups is 1. The van der Waals surface area contributed by atoms with Gasteiger partial charge in [0.25, 0.3) is 0 Å². The van der Waals surface area contributed by atoms with Gasteiger partial charge in [-0.2, -0.15) is 0 Å². The van der Waals surface area contributed by atoms with E-state index in [2.05, 4.69) is 104 Å². The van der Waals surface area contributed by atoms with Gasteiger partial charge < -0.3 is 60.6 Å². The molecule has 0 fully saturated rings. The van der Waals surface area contributed by atoms with Crippen LogP contribution in [0, 0.1) is 0 Å². The maximum absolute atomic E-state index is 13.5. The number of ether oxygens (including phenoxy) is 4. The van der Waals surface area contributed by atoms with Crippen molar-refractivity contribution < 1.29 is 38.1 Å². The summed E-state index contributed by atoms with van der Waals surface area (Å²) in [7, 11) is 6.99. The molecule has 14 heterocycles. The molecule has 0 atom stereocenters. The van der Waals surface area contributed by atoms with Crippen molar-refractivity contribution in [2.75, 3.05) is 137 Å². The fourth-order valence-corrected chi connectivity index (χ4v) is 13.9. The SMILES string of the molecule is CN(C(=O)OC(C)(C)C)c1cccc(CCN(C(=O)OC(C)(C)C)c2cccc(CCN(c3ccccn3)c3ccccn3)n2)n1.CN(C(=O)OC(C)(C)C)c1cccc(CCN(C(=O)OC(C)(C)C)c2cccc(CCNC3=CC=C[C+]=N3)n2)n1.CNc1cccc(CCNc2cccc(CCN(c3ccccn3)c3ccccn3)n2)n1.CNc1cccc(CCNc2cccc(CCNc3ccccn3)n2)n1. The predicted molar refractivity (Wildman–Crippen MR) is 572 cm³/mol. The summed E-state index contributed by atoms with van der Waals surface area (Å²) in [6.45, 7) is 26.6. The lowest BCUT2D eigenvalue weighted by Gasteiger charge is -2.27. The Kier molecular flexibility index (Phi) is 40.7. The number of rotatable bonds is 38. The summed E-state index contributed by atoms with van der Waals surface area (Å²) in [6, 6.07) is 75.4. The average molecular weight is 1950 g/mol. The van der Waals surface area contributed by atoms with E-state index in [1.165, 1.54) is 19.6 Å². The monoisotopic (exact) mass is 1950 g/mol. The van der Waals surface area contributed by atoms with E-state index in [9.17, 15) is 19.2 Å². The van der Waals surface area contributed by atoms with Crippen LogP contribution in [-0.4, -0.2) is 198 Å². The fraction of sp³-hybridized carbons (Fsp3) is 0.327. The van der Waals surface area contributed by atoms with Gasteiger partial charge in [0.1, 0.15) is 104 Å². The Balaban J connectivity index is 0.000000187. The van der Waals surface area contributed by atoms with Crippen molar-refractivity contribution in [3.63, 3.8) is 0 Å². The predicted octanol–water partition coefficient (Wildman–Crippen LogP) is 19.9. The lowest BCUT2D eigenvalue weighted by molar-refractivity contribution is 0.0568. The first-order valence-corrected chi connectivity index (χ1v) is 48.1. The topological polar surface area (TPSA) is 377 Å². The highest BCUT2D eigenvalue weighted by Gasteiger charge is 2.30. The zero-order valence-corrected chi connectivity index (χ0v) is 85.2. The summed E-state index contributed by atoms with van der Waals surface area (Å²) in [5.41, 5.74) is 4.54. The highest BCUT2D eigenvalue weighted by molar-refractivity contribution is 5.89. The number of amides is 4. The summed E-state index contributed by atoms with van der Waals surface area (Å²) in [6.07, 6.45) is 20.5. The van der Waals surface area contributed by atoms with E-state index < -0.39 is 46.8 Å². The van der Waals surface area contributed by atoms with Crippen LogP contribution in [0.2, 0.25) is 0 Å². The minimum Gasteiger partial charge on any atom is -0.443 e. The molecule has 34 nitrogen and oxygen atoms in total. The molecular weight excluding hydrogens is 1810 g/mol. The average Bonchev–Trinajstić information content (AvgIpc) is 0.857. The summed E-state index contributed by atoms with van der Waals surface area (Å²) in [5.74, 6) is 10.3. The van der Waals surface area contributed by atoms with Gasteiger partial charge >= 0.3 is 24.4 Å². The maximum Gasteiger partial charge on any atom is 0.416 e. The van der Waals surface area contributed by atoms with Gasteiger partial charge in [0.2, 0.25) is 5.82 Å². The number of nitrogens with zero attached hydrogens (tertiary/aromatic N) is 20. The third kappa shape index (κ3) is 37.6. The first kappa shape index (κ1) is 108. The number of aromatic nitrogens is 13. The van der Waals surface area contributed by atoms with E-state index in [1.807, 2.05) is 320 Å². The lowest BCUT2D eigenvalue weighted by atomic mass is 10.2. The van der Waals surface area contributed by atoms with Crippen molar-refractivity contribution in [2.24, 2.45) is 4.99 Å². The number of hydrogen-bond donors (Lipinski definition) is 6. The highest BCUT2D eigenvalue weighted by Crippen LogP contribution is 2.28. The van der Waals surface area contributed by atoms with E-state index in [-0.39, 0.29) is 13.1 Å². The molecule has 1 aliphatic rings. The molecule has 1 aliphatic heterocycles. The fourth-order valence-electron chi connectivity index (χ4n) is 13.9. The zero-order valence-electron chi connectivity index (χ0n) is 85.2. The first-order chi connectivity index (χ1) is 69.2. The van der Waals surface area contributed by atoms with Gasteiger partial charge in [-0.1, -0.05) is 78.9 Å². The van der Waals surface area contributed by atoms with Crippen LogP contribution in [0.3, 0.4) is 0 Å². The number of hydrogen-bond acceptors (Lipinski definition) is 30. The number of allylic oxidation sites excluding steroid dienone is 3. The van der Waals surface area contributed by atoms with Gasteiger partial charge in [0.05, 0.1) is 12.2 Å². The van der Waals surface area contributed by atoms with Crippen molar-refractivity contribution in [1.82, 2.24) is 70.1 Å². The maximum atomic E-state index is 13.5. The van der Waals surface area contributed by atoms with E-state index in [0.29, 0.717) is 73.4 Å². The lowest BCUT2D eigenvalue weighted by Crippen LogP contribution is -2.39. The number of anilines is 13. The van der Waals surface area contributed by atoms with Gasteiger partial charge in [-0.15, -0.1) is 0 Å². The molecule has 6 N–H and O–H groups in total. The Morgan fingerprint density at radius 2 is 0.556 bits per heavy atom. The van der Waals surface area contributed by atoms with Crippen LogP contribution in [0.1, 0.15) is 129 Å². The van der Waals surface area contributed by atoms with Crippen LogP contribution in [-0.2, 0) is 70.3 Å². The smallest absolute Gasteiger partial charge is 0.416 e. The second kappa shape index (κ2) is 54.3. The van der Waals surface area contributed by atoms with Crippen LogP contribution >= 0.6 is 0 Å². The molecule has 0 saturated carbocycles. The van der Waals surface area contributed by atoms with Crippen molar-refractivity contribution in [2.45, 2.75) is 157 Å². The molecule has 14 rings (SSSR count). The van der Waals surface area contributed by atoms with Crippen molar-refractivity contribution >= 4 is 106 Å². The van der Waals surface area contributed by atoms with Gasteiger partial charge in [-0.3, -0.25) is 19.6 Å². The number of carbonyl (C=O) groups excluding carboxylic acids is 4. The summed E-state index contributed by atoms with van der Waals surface area (Å²) >= 11 is 0.